The second kappa shape index (κ2) is 4.94. The summed E-state index contributed by atoms with van der Waals surface area (Å²) in [4.78, 5) is 21.3. The van der Waals surface area contributed by atoms with Gasteiger partial charge in [-0.2, -0.15) is 0 Å². The topological polar surface area (TPSA) is 72.2 Å². The van der Waals surface area contributed by atoms with Crippen molar-refractivity contribution in [2.24, 2.45) is 5.73 Å². The minimum Gasteiger partial charge on any atom is -0.361 e. The molecular weight excluding hydrogens is 235 g/mol. The number of hydrogen-bond acceptors (Lipinski definition) is 2. The van der Waals surface area contributed by atoms with Crippen LogP contribution in [0.4, 0.5) is 4.39 Å². The van der Waals surface area contributed by atoms with E-state index in [1.54, 1.807) is 6.92 Å². The number of amides is 2. The third-order valence-corrected chi connectivity index (χ3v) is 2.34. The summed E-state index contributed by atoms with van der Waals surface area (Å²) in [6, 6.07) is 2.65. The van der Waals surface area contributed by atoms with Gasteiger partial charge in [-0.15, -0.1) is 0 Å². The molecule has 86 valence electrons. The van der Waals surface area contributed by atoms with Crippen molar-refractivity contribution in [2.45, 2.75) is 13.5 Å². The molecule has 1 rings (SSSR count). The third kappa shape index (κ3) is 2.93. The van der Waals surface area contributed by atoms with E-state index in [2.05, 4.69) is 5.32 Å². The lowest BCUT2D eigenvalue weighted by Gasteiger charge is -2.07. The first kappa shape index (κ1) is 12.4. The maximum absolute atomic E-state index is 13.2. The lowest BCUT2D eigenvalue weighted by Crippen LogP contribution is -2.35. The standard InChI is InChI=1S/C10H10ClFN2O2/c1-5-2-7(11)6(3-8(5)12)4-14-10(16)9(13)15/h2-3H,4H2,1H3,(H2,13,15)(H,14,16). The van der Waals surface area contributed by atoms with Gasteiger partial charge in [0, 0.05) is 11.6 Å². The molecule has 0 saturated heterocycles. The van der Waals surface area contributed by atoms with Crippen molar-refractivity contribution in [1.29, 1.82) is 0 Å². The summed E-state index contributed by atoms with van der Waals surface area (Å²) in [7, 11) is 0. The number of carbonyl (C=O) groups excluding carboxylic acids is 2. The molecule has 0 unspecified atom stereocenters. The number of nitrogens with one attached hydrogen (secondary N) is 1. The van der Waals surface area contributed by atoms with Gasteiger partial charge in [-0.3, -0.25) is 9.59 Å². The molecule has 0 bridgehead atoms. The summed E-state index contributed by atoms with van der Waals surface area (Å²) in [6.45, 7) is 1.53. The molecule has 0 aliphatic carbocycles. The van der Waals surface area contributed by atoms with E-state index in [-0.39, 0.29) is 6.54 Å². The highest BCUT2D eigenvalue weighted by Gasteiger charge is 2.10. The molecule has 1 aromatic carbocycles. The number of benzene rings is 1. The van der Waals surface area contributed by atoms with E-state index in [1.807, 2.05) is 0 Å². The molecule has 3 N–H and O–H groups in total. The molecule has 4 nitrogen and oxygen atoms in total. The van der Waals surface area contributed by atoms with E-state index in [1.165, 1.54) is 12.1 Å². The van der Waals surface area contributed by atoms with Gasteiger partial charge in [0.15, 0.2) is 0 Å². The van der Waals surface area contributed by atoms with Gasteiger partial charge >= 0.3 is 11.8 Å². The Kier molecular flexibility index (Phi) is 3.84. The molecule has 0 aliphatic heterocycles. The van der Waals surface area contributed by atoms with Crippen LogP contribution in [-0.4, -0.2) is 11.8 Å². The van der Waals surface area contributed by atoms with Crippen molar-refractivity contribution in [3.63, 3.8) is 0 Å². The summed E-state index contributed by atoms with van der Waals surface area (Å²) in [6.07, 6.45) is 0. The zero-order valence-corrected chi connectivity index (χ0v) is 9.27. The van der Waals surface area contributed by atoms with Crippen LogP contribution in [0, 0.1) is 12.7 Å². The molecular formula is C10H10ClFN2O2. The molecule has 0 aromatic heterocycles. The average Bonchev–Trinajstić information content (AvgIpc) is 2.20. The second-order valence-corrected chi connectivity index (χ2v) is 3.65. The van der Waals surface area contributed by atoms with Gasteiger partial charge in [0.1, 0.15) is 5.82 Å². The van der Waals surface area contributed by atoms with Gasteiger partial charge in [0.2, 0.25) is 0 Å². The molecule has 0 spiro atoms. The molecule has 0 radical (unpaired) electrons. The molecule has 0 saturated carbocycles. The van der Waals surface area contributed by atoms with E-state index in [9.17, 15) is 14.0 Å². The zero-order valence-electron chi connectivity index (χ0n) is 8.51. The number of primary amides is 1. The highest BCUT2D eigenvalue weighted by Crippen LogP contribution is 2.20. The zero-order chi connectivity index (χ0) is 12.3. The van der Waals surface area contributed by atoms with Crippen LogP contribution in [0.25, 0.3) is 0 Å². The first-order valence-electron chi connectivity index (χ1n) is 4.44. The minimum absolute atomic E-state index is 0.0438. The first-order valence-corrected chi connectivity index (χ1v) is 4.81. The maximum Gasteiger partial charge on any atom is 0.309 e. The highest BCUT2D eigenvalue weighted by atomic mass is 35.5. The highest BCUT2D eigenvalue weighted by molar-refractivity contribution is 6.34. The van der Waals surface area contributed by atoms with Crippen LogP contribution in [-0.2, 0) is 16.1 Å². The van der Waals surface area contributed by atoms with Gasteiger partial charge in [0.25, 0.3) is 0 Å². The van der Waals surface area contributed by atoms with Crippen molar-refractivity contribution in [3.05, 3.63) is 34.1 Å². The molecule has 0 atom stereocenters. The van der Waals surface area contributed by atoms with Gasteiger partial charge in [0.05, 0.1) is 0 Å². The number of hydrogen-bond donors (Lipinski definition) is 2. The van der Waals surface area contributed by atoms with E-state index in [4.69, 9.17) is 17.3 Å². The van der Waals surface area contributed by atoms with Gasteiger partial charge in [-0.25, -0.2) is 4.39 Å². The van der Waals surface area contributed by atoms with Crippen molar-refractivity contribution in [3.8, 4) is 0 Å². The van der Waals surface area contributed by atoms with Crippen molar-refractivity contribution < 1.29 is 14.0 Å². The molecule has 16 heavy (non-hydrogen) atoms. The Morgan fingerprint density at radius 3 is 2.69 bits per heavy atom. The number of halogens is 2. The van der Waals surface area contributed by atoms with Gasteiger partial charge in [-0.1, -0.05) is 11.6 Å². The summed E-state index contributed by atoms with van der Waals surface area (Å²) < 4.78 is 13.2. The summed E-state index contributed by atoms with van der Waals surface area (Å²) in [5.41, 5.74) is 5.53. The van der Waals surface area contributed by atoms with E-state index in [0.29, 0.717) is 16.1 Å². The van der Waals surface area contributed by atoms with Gasteiger partial charge < -0.3 is 11.1 Å². The fourth-order valence-electron chi connectivity index (χ4n) is 1.09. The van der Waals surface area contributed by atoms with Crippen molar-refractivity contribution >= 4 is 23.4 Å². The fourth-order valence-corrected chi connectivity index (χ4v) is 1.37. The number of rotatable bonds is 2. The smallest absolute Gasteiger partial charge is 0.309 e. The lowest BCUT2D eigenvalue weighted by atomic mass is 10.1. The molecule has 0 fully saturated rings. The Hall–Kier alpha value is -1.62. The SMILES string of the molecule is Cc1cc(Cl)c(CNC(=O)C(N)=O)cc1F. The Balaban J connectivity index is 2.78. The predicted octanol–water partition coefficient (Wildman–Crippen LogP) is 0.889. The normalized spacial score (nSPS) is 9.94. The Morgan fingerprint density at radius 2 is 2.12 bits per heavy atom. The van der Waals surface area contributed by atoms with Crippen LogP contribution in [0.2, 0.25) is 5.02 Å². The third-order valence-electron chi connectivity index (χ3n) is 1.99. The van der Waals surface area contributed by atoms with E-state index >= 15 is 0 Å². The van der Waals surface area contributed by atoms with Crippen molar-refractivity contribution in [1.82, 2.24) is 5.32 Å². The van der Waals surface area contributed by atoms with E-state index in [0.717, 1.165) is 0 Å². The molecule has 1 aromatic rings. The average molecular weight is 245 g/mol. The summed E-state index contributed by atoms with van der Waals surface area (Å²) in [5, 5.41) is 2.54. The van der Waals surface area contributed by atoms with Crippen LogP contribution in [0.1, 0.15) is 11.1 Å². The van der Waals surface area contributed by atoms with Gasteiger partial charge in [-0.05, 0) is 30.2 Å². The molecule has 2 amide bonds. The van der Waals surface area contributed by atoms with E-state index < -0.39 is 17.6 Å². The molecule has 0 heterocycles. The van der Waals surface area contributed by atoms with Crippen LogP contribution in [0.3, 0.4) is 0 Å². The summed E-state index contributed by atoms with van der Waals surface area (Å²) >= 11 is 5.83. The Labute approximate surface area is 96.6 Å². The van der Waals surface area contributed by atoms with Crippen LogP contribution in [0.5, 0.6) is 0 Å². The Bertz CT molecular complexity index is 449. The van der Waals surface area contributed by atoms with Crippen molar-refractivity contribution in [2.75, 3.05) is 0 Å². The lowest BCUT2D eigenvalue weighted by molar-refractivity contribution is -0.137. The quantitative estimate of drug-likeness (QED) is 0.759. The minimum atomic E-state index is -1.09. The molecule has 6 heteroatoms. The second-order valence-electron chi connectivity index (χ2n) is 3.24. The Morgan fingerprint density at radius 1 is 1.50 bits per heavy atom. The fraction of sp³-hybridized carbons (Fsp3) is 0.200. The first-order chi connectivity index (χ1) is 7.41. The molecule has 0 aliphatic rings. The largest absolute Gasteiger partial charge is 0.361 e. The van der Waals surface area contributed by atoms with Crippen LogP contribution < -0.4 is 11.1 Å². The number of carbonyl (C=O) groups is 2. The maximum atomic E-state index is 13.2. The summed E-state index contributed by atoms with van der Waals surface area (Å²) in [5.74, 6) is -2.45. The van der Waals surface area contributed by atoms with Crippen LogP contribution in [0.15, 0.2) is 12.1 Å². The number of nitrogens with two attached hydrogens (primary N) is 1. The number of aryl methyl sites for hydroxylation is 1. The monoisotopic (exact) mass is 244 g/mol. The van der Waals surface area contributed by atoms with Crippen LogP contribution >= 0.6 is 11.6 Å². The predicted molar refractivity (Wildman–Crippen MR) is 57.2 cm³/mol.